The number of hydrogen-bond acceptors (Lipinski definition) is 4. The number of carbonyl (C=O) groups is 2. The van der Waals surface area contributed by atoms with Crippen LogP contribution >= 0.6 is 0 Å². The molecule has 1 unspecified atom stereocenters. The number of pyridine rings is 1. The normalized spacial score (nSPS) is 12.0. The minimum atomic E-state index is -0.372. The maximum Gasteiger partial charge on any atom is 0.253 e. The number of carbonyl (C=O) groups excluding carboxylic acids is 2. The van der Waals surface area contributed by atoms with E-state index < -0.39 is 0 Å². The van der Waals surface area contributed by atoms with E-state index in [4.69, 9.17) is 4.98 Å². The smallest absolute Gasteiger partial charge is 0.253 e. The lowest BCUT2D eigenvalue weighted by atomic mass is 10.2. The van der Waals surface area contributed by atoms with Crippen LogP contribution in [0.1, 0.15) is 55.8 Å². The molecule has 1 aromatic carbocycles. The van der Waals surface area contributed by atoms with Crippen LogP contribution < -0.4 is 5.32 Å². The molecule has 0 saturated carbocycles. The number of aromatic nitrogens is 3. The van der Waals surface area contributed by atoms with Crippen LogP contribution in [0.2, 0.25) is 0 Å². The molecule has 3 rings (SSSR count). The van der Waals surface area contributed by atoms with Crippen LogP contribution in [-0.2, 0) is 11.3 Å². The Morgan fingerprint density at radius 1 is 1.10 bits per heavy atom. The van der Waals surface area contributed by atoms with Gasteiger partial charge in [-0.15, -0.1) is 0 Å². The predicted molar refractivity (Wildman–Crippen MR) is 117 cm³/mol. The van der Waals surface area contributed by atoms with Crippen LogP contribution in [0.3, 0.4) is 0 Å². The summed E-state index contributed by atoms with van der Waals surface area (Å²) in [6.45, 7) is 7.70. The van der Waals surface area contributed by atoms with Crippen molar-refractivity contribution in [3.63, 3.8) is 0 Å². The summed E-state index contributed by atoms with van der Waals surface area (Å²) < 4.78 is 1.92. The number of imidazole rings is 1. The van der Waals surface area contributed by atoms with Gasteiger partial charge < -0.3 is 14.8 Å². The molecule has 7 heteroatoms. The highest BCUT2D eigenvalue weighted by Gasteiger charge is 2.22. The Kier molecular flexibility index (Phi) is 7.17. The second-order valence-corrected chi connectivity index (χ2v) is 7.36. The highest BCUT2D eigenvalue weighted by Crippen LogP contribution is 2.21. The van der Waals surface area contributed by atoms with Crippen molar-refractivity contribution in [2.75, 3.05) is 13.1 Å². The second kappa shape index (κ2) is 10.0. The summed E-state index contributed by atoms with van der Waals surface area (Å²) in [5.74, 6) is 0.503. The van der Waals surface area contributed by atoms with Crippen molar-refractivity contribution in [2.45, 2.75) is 46.2 Å². The average molecular weight is 408 g/mol. The second-order valence-electron chi connectivity index (χ2n) is 7.36. The first-order chi connectivity index (χ1) is 14.5. The van der Waals surface area contributed by atoms with E-state index in [2.05, 4.69) is 24.1 Å². The van der Waals surface area contributed by atoms with E-state index in [1.165, 1.54) is 6.20 Å². The summed E-state index contributed by atoms with van der Waals surface area (Å²) in [5.41, 5.74) is 2.18. The number of fused-ring (bicyclic) bond motifs is 1. The zero-order chi connectivity index (χ0) is 21.5. The van der Waals surface area contributed by atoms with Gasteiger partial charge in [0.1, 0.15) is 12.4 Å². The number of nitrogens with zero attached hydrogens (tertiary/aromatic N) is 4. The van der Waals surface area contributed by atoms with E-state index in [1.807, 2.05) is 40.7 Å². The van der Waals surface area contributed by atoms with Gasteiger partial charge in [-0.25, -0.2) is 4.98 Å². The molecular weight excluding hydrogens is 378 g/mol. The fourth-order valence-corrected chi connectivity index (χ4v) is 3.57. The van der Waals surface area contributed by atoms with Crippen molar-refractivity contribution in [2.24, 2.45) is 0 Å². The summed E-state index contributed by atoms with van der Waals surface area (Å²) >= 11 is 0. The Morgan fingerprint density at radius 2 is 1.83 bits per heavy atom. The third-order valence-electron chi connectivity index (χ3n) is 4.98. The number of rotatable bonds is 9. The summed E-state index contributed by atoms with van der Waals surface area (Å²) in [6.07, 6.45) is 4.99. The van der Waals surface area contributed by atoms with Gasteiger partial charge >= 0.3 is 0 Å². The van der Waals surface area contributed by atoms with E-state index >= 15 is 0 Å². The third kappa shape index (κ3) is 4.84. The highest BCUT2D eigenvalue weighted by molar-refractivity contribution is 5.94. The molecule has 3 aromatic rings. The monoisotopic (exact) mass is 407 g/mol. The Labute approximate surface area is 177 Å². The molecule has 1 atom stereocenters. The molecule has 0 fully saturated rings. The van der Waals surface area contributed by atoms with Crippen LogP contribution in [0.4, 0.5) is 0 Å². The van der Waals surface area contributed by atoms with Crippen molar-refractivity contribution in [1.29, 1.82) is 0 Å². The van der Waals surface area contributed by atoms with E-state index in [1.54, 1.807) is 18.3 Å². The average Bonchev–Trinajstić information content (AvgIpc) is 3.12. The lowest BCUT2D eigenvalue weighted by molar-refractivity contribution is -0.131. The topological polar surface area (TPSA) is 80.1 Å². The summed E-state index contributed by atoms with van der Waals surface area (Å²) in [5, 5.41) is 2.98. The SMILES string of the molecule is CCCN(CCC)C(=O)Cn1c(C(C)NC(=O)c2cccnc2)nc2ccccc21. The minimum absolute atomic E-state index is 0.0638. The van der Waals surface area contributed by atoms with Gasteiger partial charge in [-0.05, 0) is 44.0 Å². The van der Waals surface area contributed by atoms with Crippen LogP contribution in [0.15, 0.2) is 48.8 Å². The first-order valence-corrected chi connectivity index (χ1v) is 10.5. The van der Waals surface area contributed by atoms with Crippen molar-refractivity contribution in [1.82, 2.24) is 24.8 Å². The van der Waals surface area contributed by atoms with Crippen molar-refractivity contribution in [3.05, 3.63) is 60.2 Å². The molecule has 2 amide bonds. The van der Waals surface area contributed by atoms with Crippen LogP contribution in [0.5, 0.6) is 0 Å². The lowest BCUT2D eigenvalue weighted by Gasteiger charge is -2.23. The minimum Gasteiger partial charge on any atom is -0.342 e. The fourth-order valence-electron chi connectivity index (χ4n) is 3.57. The number of hydrogen-bond donors (Lipinski definition) is 1. The van der Waals surface area contributed by atoms with Crippen LogP contribution in [0.25, 0.3) is 11.0 Å². The van der Waals surface area contributed by atoms with Crippen molar-refractivity contribution in [3.8, 4) is 0 Å². The van der Waals surface area contributed by atoms with E-state index in [0.717, 1.165) is 37.0 Å². The first kappa shape index (κ1) is 21.5. The van der Waals surface area contributed by atoms with Gasteiger partial charge in [0.15, 0.2) is 0 Å². The molecule has 7 nitrogen and oxygen atoms in total. The van der Waals surface area contributed by atoms with E-state index in [9.17, 15) is 9.59 Å². The Hall–Kier alpha value is -3.22. The molecule has 0 aliphatic heterocycles. The molecule has 0 aliphatic rings. The third-order valence-corrected chi connectivity index (χ3v) is 4.98. The lowest BCUT2D eigenvalue weighted by Crippen LogP contribution is -2.36. The fraction of sp³-hybridized carbons (Fsp3) is 0.391. The van der Waals surface area contributed by atoms with Crippen LogP contribution in [0, 0.1) is 0 Å². The highest BCUT2D eigenvalue weighted by atomic mass is 16.2. The van der Waals surface area contributed by atoms with Crippen molar-refractivity contribution >= 4 is 22.8 Å². The molecule has 1 N–H and O–H groups in total. The number of benzene rings is 1. The Morgan fingerprint density at radius 3 is 2.50 bits per heavy atom. The molecule has 0 saturated heterocycles. The van der Waals surface area contributed by atoms with Gasteiger partial charge in [0, 0.05) is 25.5 Å². The molecule has 2 heterocycles. The maximum absolute atomic E-state index is 13.0. The molecular formula is C23H29N5O2. The zero-order valence-corrected chi connectivity index (χ0v) is 17.8. The standard InChI is InChI=1S/C23H29N5O2/c1-4-13-27(14-5-2)21(29)16-28-20-11-7-6-10-19(20)26-22(28)17(3)25-23(30)18-9-8-12-24-15-18/h6-12,15,17H,4-5,13-14,16H2,1-3H3,(H,25,30). The van der Waals surface area contributed by atoms with Crippen LogP contribution in [-0.4, -0.2) is 44.3 Å². The predicted octanol–water partition coefficient (Wildman–Crippen LogP) is 3.57. The summed E-state index contributed by atoms with van der Waals surface area (Å²) in [4.78, 5) is 36.3. The first-order valence-electron chi connectivity index (χ1n) is 10.5. The molecule has 2 aromatic heterocycles. The number of nitrogens with one attached hydrogen (secondary N) is 1. The van der Waals surface area contributed by atoms with Gasteiger partial charge in [-0.3, -0.25) is 14.6 Å². The van der Waals surface area contributed by atoms with E-state index in [0.29, 0.717) is 11.4 Å². The molecule has 0 bridgehead atoms. The maximum atomic E-state index is 13.0. The van der Waals surface area contributed by atoms with E-state index in [-0.39, 0.29) is 24.4 Å². The summed E-state index contributed by atoms with van der Waals surface area (Å²) in [7, 11) is 0. The molecule has 0 radical (unpaired) electrons. The summed E-state index contributed by atoms with van der Waals surface area (Å²) in [6, 6.07) is 10.8. The molecule has 158 valence electrons. The Bertz CT molecular complexity index is 993. The molecule has 30 heavy (non-hydrogen) atoms. The van der Waals surface area contributed by atoms with Gasteiger partial charge in [-0.2, -0.15) is 0 Å². The van der Waals surface area contributed by atoms with Gasteiger partial charge in [0.05, 0.1) is 22.6 Å². The molecule has 0 spiro atoms. The number of amides is 2. The van der Waals surface area contributed by atoms with Gasteiger partial charge in [0.25, 0.3) is 5.91 Å². The van der Waals surface area contributed by atoms with Gasteiger partial charge in [-0.1, -0.05) is 26.0 Å². The zero-order valence-electron chi connectivity index (χ0n) is 17.8. The quantitative estimate of drug-likeness (QED) is 0.588. The number of para-hydroxylation sites is 2. The van der Waals surface area contributed by atoms with Gasteiger partial charge in [0.2, 0.25) is 5.91 Å². The largest absolute Gasteiger partial charge is 0.342 e. The van der Waals surface area contributed by atoms with Crippen molar-refractivity contribution < 1.29 is 9.59 Å². The Balaban J connectivity index is 1.89. The molecule has 0 aliphatic carbocycles.